The molecule has 1 fully saturated rings. The second-order valence-corrected chi connectivity index (χ2v) is 4.50. The van der Waals surface area contributed by atoms with Gasteiger partial charge >= 0.3 is 0 Å². The molecule has 1 aliphatic rings. The van der Waals surface area contributed by atoms with Crippen molar-refractivity contribution in [3.63, 3.8) is 0 Å². The first-order chi connectivity index (χ1) is 8.81. The second kappa shape index (κ2) is 6.85. The van der Waals surface area contributed by atoms with Crippen molar-refractivity contribution in [2.45, 2.75) is 37.9 Å². The Kier molecular flexibility index (Phi) is 5.13. The summed E-state index contributed by atoms with van der Waals surface area (Å²) in [6.45, 7) is 0.588. The molecular formula is C14H20O4. The zero-order chi connectivity index (χ0) is 12.8. The molecule has 1 unspecified atom stereocenters. The first-order valence-electron chi connectivity index (χ1n) is 6.26. The van der Waals surface area contributed by atoms with E-state index in [1.807, 2.05) is 30.3 Å². The molecule has 0 radical (unpaired) electrons. The highest BCUT2D eigenvalue weighted by Crippen LogP contribution is 2.23. The topological polar surface area (TPSA) is 47.9 Å². The van der Waals surface area contributed by atoms with Crippen LogP contribution < -0.4 is 0 Å². The third-order valence-corrected chi connectivity index (χ3v) is 3.12. The van der Waals surface area contributed by atoms with Gasteiger partial charge in [-0.2, -0.15) is 0 Å². The molecule has 0 bridgehead atoms. The largest absolute Gasteiger partial charge is 0.394 e. The van der Waals surface area contributed by atoms with Crippen LogP contribution in [0.1, 0.15) is 18.4 Å². The lowest BCUT2D eigenvalue weighted by Gasteiger charge is -2.33. The van der Waals surface area contributed by atoms with Crippen LogP contribution >= 0.6 is 0 Å². The van der Waals surface area contributed by atoms with Crippen molar-refractivity contribution in [3.8, 4) is 0 Å². The number of hydrogen-bond acceptors (Lipinski definition) is 4. The number of rotatable bonds is 5. The standard InChI is InChI=1S/C14H20O4/c1-16-14-8-12(7-13(9-15)18-14)17-10-11-5-3-2-4-6-11/h2-6,12-15H,7-10H2,1H3/t12-,13-,14?/m1/s1. The van der Waals surface area contributed by atoms with E-state index in [1.54, 1.807) is 7.11 Å². The van der Waals surface area contributed by atoms with Crippen LogP contribution in [0, 0.1) is 0 Å². The SMILES string of the molecule is COC1C[C@H](OCc2ccccc2)C[C@H](CO)O1. The fraction of sp³-hybridized carbons (Fsp3) is 0.571. The van der Waals surface area contributed by atoms with Gasteiger partial charge in [-0.3, -0.25) is 0 Å². The Morgan fingerprint density at radius 2 is 2.06 bits per heavy atom. The van der Waals surface area contributed by atoms with Gasteiger partial charge in [0.05, 0.1) is 25.4 Å². The van der Waals surface area contributed by atoms with Gasteiger partial charge in [-0.25, -0.2) is 0 Å². The Morgan fingerprint density at radius 1 is 1.28 bits per heavy atom. The lowest BCUT2D eigenvalue weighted by Crippen LogP contribution is -2.39. The summed E-state index contributed by atoms with van der Waals surface area (Å²) < 4.78 is 16.6. The van der Waals surface area contributed by atoms with Crippen molar-refractivity contribution in [1.82, 2.24) is 0 Å². The maximum Gasteiger partial charge on any atom is 0.160 e. The molecule has 0 spiro atoms. The van der Waals surface area contributed by atoms with E-state index in [4.69, 9.17) is 14.2 Å². The molecule has 100 valence electrons. The summed E-state index contributed by atoms with van der Waals surface area (Å²) in [6.07, 6.45) is 1.02. The van der Waals surface area contributed by atoms with Gasteiger partial charge in [0.15, 0.2) is 6.29 Å². The Hall–Kier alpha value is -0.940. The molecule has 0 aromatic heterocycles. The van der Waals surface area contributed by atoms with Crippen LogP contribution in [0.5, 0.6) is 0 Å². The number of ether oxygens (including phenoxy) is 3. The molecule has 2 rings (SSSR count). The predicted molar refractivity (Wildman–Crippen MR) is 67.0 cm³/mol. The first kappa shape index (κ1) is 13.5. The summed E-state index contributed by atoms with van der Waals surface area (Å²) in [5.41, 5.74) is 1.15. The molecule has 1 heterocycles. The Balaban J connectivity index is 1.84. The smallest absolute Gasteiger partial charge is 0.160 e. The highest BCUT2D eigenvalue weighted by molar-refractivity contribution is 5.13. The maximum atomic E-state index is 9.17. The molecule has 4 heteroatoms. The van der Waals surface area contributed by atoms with Crippen molar-refractivity contribution in [2.24, 2.45) is 0 Å². The van der Waals surface area contributed by atoms with Crippen LogP contribution in [-0.2, 0) is 20.8 Å². The van der Waals surface area contributed by atoms with E-state index < -0.39 is 0 Å². The minimum atomic E-state index is -0.281. The van der Waals surface area contributed by atoms with Crippen molar-refractivity contribution < 1.29 is 19.3 Å². The Bertz CT molecular complexity index is 329. The predicted octanol–water partition coefficient (Wildman–Crippen LogP) is 1.72. The molecule has 3 atom stereocenters. The van der Waals surface area contributed by atoms with Gasteiger partial charge in [0.2, 0.25) is 0 Å². The van der Waals surface area contributed by atoms with Crippen LogP contribution in [0.4, 0.5) is 0 Å². The van der Waals surface area contributed by atoms with Gasteiger partial charge in [0.25, 0.3) is 0 Å². The lowest BCUT2D eigenvalue weighted by atomic mass is 10.1. The summed E-state index contributed by atoms with van der Waals surface area (Å²) >= 11 is 0. The molecular weight excluding hydrogens is 232 g/mol. The zero-order valence-electron chi connectivity index (χ0n) is 10.6. The summed E-state index contributed by atoms with van der Waals surface area (Å²) in [5.74, 6) is 0. The van der Waals surface area contributed by atoms with E-state index in [2.05, 4.69) is 0 Å². The van der Waals surface area contributed by atoms with Crippen molar-refractivity contribution in [1.29, 1.82) is 0 Å². The molecule has 1 saturated heterocycles. The number of aliphatic hydroxyl groups is 1. The van der Waals surface area contributed by atoms with Crippen molar-refractivity contribution in [2.75, 3.05) is 13.7 Å². The van der Waals surface area contributed by atoms with E-state index in [9.17, 15) is 5.11 Å². The van der Waals surface area contributed by atoms with E-state index in [-0.39, 0.29) is 25.1 Å². The number of aliphatic hydroxyl groups excluding tert-OH is 1. The third-order valence-electron chi connectivity index (χ3n) is 3.12. The van der Waals surface area contributed by atoms with E-state index in [1.165, 1.54) is 0 Å². The van der Waals surface area contributed by atoms with E-state index in [0.29, 0.717) is 19.4 Å². The summed E-state index contributed by atoms with van der Waals surface area (Å²) in [4.78, 5) is 0. The number of hydrogen-bond donors (Lipinski definition) is 1. The van der Waals surface area contributed by atoms with Gasteiger partial charge < -0.3 is 19.3 Å². The van der Waals surface area contributed by atoms with E-state index >= 15 is 0 Å². The molecule has 1 N–H and O–H groups in total. The number of methoxy groups -OCH3 is 1. The Morgan fingerprint density at radius 3 is 2.72 bits per heavy atom. The zero-order valence-corrected chi connectivity index (χ0v) is 10.6. The first-order valence-corrected chi connectivity index (χ1v) is 6.26. The van der Waals surface area contributed by atoms with E-state index in [0.717, 1.165) is 5.56 Å². The van der Waals surface area contributed by atoms with Crippen LogP contribution in [0.3, 0.4) is 0 Å². The molecule has 1 aliphatic heterocycles. The highest BCUT2D eigenvalue weighted by atomic mass is 16.7. The van der Waals surface area contributed by atoms with Gasteiger partial charge in [-0.05, 0) is 5.56 Å². The molecule has 0 aliphatic carbocycles. The van der Waals surface area contributed by atoms with Crippen LogP contribution in [-0.4, -0.2) is 37.3 Å². The normalized spacial score (nSPS) is 28.2. The molecule has 4 nitrogen and oxygen atoms in total. The van der Waals surface area contributed by atoms with Crippen molar-refractivity contribution >= 4 is 0 Å². The van der Waals surface area contributed by atoms with Crippen molar-refractivity contribution in [3.05, 3.63) is 35.9 Å². The number of benzene rings is 1. The molecule has 1 aromatic carbocycles. The molecule has 0 saturated carbocycles. The van der Waals surface area contributed by atoms with Gasteiger partial charge in [0.1, 0.15) is 0 Å². The third kappa shape index (κ3) is 3.78. The van der Waals surface area contributed by atoms with Crippen LogP contribution in [0.2, 0.25) is 0 Å². The fourth-order valence-electron chi connectivity index (χ4n) is 2.12. The Labute approximate surface area is 107 Å². The van der Waals surface area contributed by atoms with Crippen LogP contribution in [0.15, 0.2) is 30.3 Å². The second-order valence-electron chi connectivity index (χ2n) is 4.50. The summed E-state index contributed by atoms with van der Waals surface area (Å²) in [5, 5.41) is 9.17. The average Bonchev–Trinajstić information content (AvgIpc) is 2.45. The quantitative estimate of drug-likeness (QED) is 0.866. The van der Waals surface area contributed by atoms with Gasteiger partial charge in [-0.1, -0.05) is 30.3 Å². The molecule has 18 heavy (non-hydrogen) atoms. The van der Waals surface area contributed by atoms with Gasteiger partial charge in [0, 0.05) is 20.0 Å². The molecule has 1 aromatic rings. The fourth-order valence-corrected chi connectivity index (χ4v) is 2.12. The van der Waals surface area contributed by atoms with Gasteiger partial charge in [-0.15, -0.1) is 0 Å². The summed E-state index contributed by atoms with van der Waals surface area (Å²) in [6, 6.07) is 10.1. The maximum absolute atomic E-state index is 9.17. The minimum Gasteiger partial charge on any atom is -0.394 e. The summed E-state index contributed by atoms with van der Waals surface area (Å²) in [7, 11) is 1.61. The highest BCUT2D eigenvalue weighted by Gasteiger charge is 2.29. The minimum absolute atomic E-state index is 0.00502. The molecule has 0 amide bonds. The average molecular weight is 252 g/mol. The monoisotopic (exact) mass is 252 g/mol. The van der Waals surface area contributed by atoms with Crippen LogP contribution in [0.25, 0.3) is 0 Å². The lowest BCUT2D eigenvalue weighted by molar-refractivity contribution is -0.219.